The molecular formula is C9H12N2O. The molecule has 0 aliphatic heterocycles. The molecule has 0 unspecified atom stereocenters. The molecule has 1 aliphatic carbocycles. The van der Waals surface area contributed by atoms with Crippen LogP contribution in [0.2, 0.25) is 0 Å². The summed E-state index contributed by atoms with van der Waals surface area (Å²) in [6, 6.07) is 5.99. The highest BCUT2D eigenvalue weighted by molar-refractivity contribution is 5.10. The molecule has 0 atom stereocenters. The van der Waals surface area contributed by atoms with Crippen molar-refractivity contribution in [2.24, 2.45) is 5.73 Å². The molecule has 1 aromatic rings. The molecule has 3 nitrogen and oxygen atoms in total. The maximum atomic E-state index is 5.62. The normalized spacial score (nSPS) is 27.8. The van der Waals surface area contributed by atoms with Crippen LogP contribution in [0.25, 0.3) is 0 Å². The first-order chi connectivity index (χ1) is 5.84. The Bertz CT molecular complexity index is 244. The van der Waals surface area contributed by atoms with Gasteiger partial charge < -0.3 is 10.5 Å². The van der Waals surface area contributed by atoms with Crippen LogP contribution in [0.5, 0.6) is 5.88 Å². The molecule has 0 bridgehead atoms. The molecular weight excluding hydrogens is 152 g/mol. The van der Waals surface area contributed by atoms with Crippen molar-refractivity contribution in [2.75, 3.05) is 0 Å². The fourth-order valence-electron chi connectivity index (χ4n) is 1.29. The molecule has 1 aliphatic rings. The van der Waals surface area contributed by atoms with Gasteiger partial charge in [-0.3, -0.25) is 0 Å². The first-order valence-electron chi connectivity index (χ1n) is 4.18. The Morgan fingerprint density at radius 3 is 2.83 bits per heavy atom. The average Bonchev–Trinajstić information content (AvgIpc) is 2.04. The number of rotatable bonds is 2. The summed E-state index contributed by atoms with van der Waals surface area (Å²) in [5, 5.41) is 0. The number of aromatic nitrogens is 1. The van der Waals surface area contributed by atoms with E-state index in [9.17, 15) is 0 Å². The third kappa shape index (κ3) is 1.56. The molecule has 1 saturated carbocycles. The molecule has 2 N–H and O–H groups in total. The number of pyridine rings is 1. The zero-order valence-corrected chi connectivity index (χ0v) is 6.81. The molecule has 1 heterocycles. The van der Waals surface area contributed by atoms with Gasteiger partial charge in [0, 0.05) is 18.3 Å². The van der Waals surface area contributed by atoms with Crippen molar-refractivity contribution >= 4 is 0 Å². The van der Waals surface area contributed by atoms with Crippen molar-refractivity contribution in [3.8, 4) is 5.88 Å². The smallest absolute Gasteiger partial charge is 0.213 e. The lowest BCUT2D eigenvalue weighted by molar-refractivity contribution is 0.0958. The Morgan fingerprint density at radius 1 is 1.42 bits per heavy atom. The zero-order valence-electron chi connectivity index (χ0n) is 6.81. The van der Waals surface area contributed by atoms with Gasteiger partial charge in [-0.15, -0.1) is 0 Å². The van der Waals surface area contributed by atoms with E-state index >= 15 is 0 Å². The first kappa shape index (κ1) is 7.55. The van der Waals surface area contributed by atoms with Crippen LogP contribution < -0.4 is 10.5 Å². The maximum Gasteiger partial charge on any atom is 0.213 e. The summed E-state index contributed by atoms with van der Waals surface area (Å²) < 4.78 is 5.53. The van der Waals surface area contributed by atoms with Gasteiger partial charge in [-0.2, -0.15) is 0 Å². The predicted molar refractivity (Wildman–Crippen MR) is 45.9 cm³/mol. The number of ether oxygens (including phenoxy) is 1. The Hall–Kier alpha value is -1.09. The summed E-state index contributed by atoms with van der Waals surface area (Å²) in [4.78, 5) is 4.06. The molecule has 12 heavy (non-hydrogen) atoms. The van der Waals surface area contributed by atoms with Crippen molar-refractivity contribution in [3.05, 3.63) is 24.4 Å². The highest BCUT2D eigenvalue weighted by Gasteiger charge is 2.27. The number of nitrogens with zero attached hydrogens (tertiary/aromatic N) is 1. The van der Waals surface area contributed by atoms with Gasteiger partial charge in [-0.25, -0.2) is 4.98 Å². The third-order valence-electron chi connectivity index (χ3n) is 2.06. The molecule has 0 amide bonds. The second kappa shape index (κ2) is 3.11. The van der Waals surface area contributed by atoms with Gasteiger partial charge in [-0.05, 0) is 18.9 Å². The largest absolute Gasteiger partial charge is 0.474 e. The van der Waals surface area contributed by atoms with Crippen molar-refractivity contribution in [1.29, 1.82) is 0 Å². The van der Waals surface area contributed by atoms with Gasteiger partial charge in [-0.1, -0.05) is 6.07 Å². The summed E-state index contributed by atoms with van der Waals surface area (Å²) in [6.07, 6.45) is 3.93. The van der Waals surface area contributed by atoms with Gasteiger partial charge in [0.15, 0.2) is 0 Å². The van der Waals surface area contributed by atoms with E-state index < -0.39 is 0 Å². The van der Waals surface area contributed by atoms with E-state index in [4.69, 9.17) is 10.5 Å². The van der Waals surface area contributed by atoms with E-state index in [0.717, 1.165) is 12.8 Å². The summed E-state index contributed by atoms with van der Waals surface area (Å²) in [5.74, 6) is 0.703. The van der Waals surface area contributed by atoms with Crippen LogP contribution in [-0.2, 0) is 0 Å². The average molecular weight is 164 g/mol. The predicted octanol–water partition coefficient (Wildman–Crippen LogP) is 0.950. The molecule has 0 aromatic carbocycles. The van der Waals surface area contributed by atoms with Gasteiger partial charge in [0.25, 0.3) is 0 Å². The number of nitrogens with two attached hydrogens (primary N) is 1. The van der Waals surface area contributed by atoms with E-state index in [-0.39, 0.29) is 6.10 Å². The lowest BCUT2D eigenvalue weighted by Gasteiger charge is -2.31. The molecule has 1 aromatic heterocycles. The van der Waals surface area contributed by atoms with E-state index in [1.165, 1.54) is 0 Å². The molecule has 3 heteroatoms. The van der Waals surface area contributed by atoms with E-state index in [1.807, 2.05) is 18.2 Å². The van der Waals surface area contributed by atoms with Gasteiger partial charge in [0.1, 0.15) is 6.10 Å². The molecule has 0 saturated heterocycles. The highest BCUT2D eigenvalue weighted by atomic mass is 16.5. The van der Waals surface area contributed by atoms with Crippen molar-refractivity contribution in [1.82, 2.24) is 4.98 Å². The molecule has 64 valence electrons. The van der Waals surface area contributed by atoms with Crippen LogP contribution >= 0.6 is 0 Å². The monoisotopic (exact) mass is 164 g/mol. The minimum absolute atomic E-state index is 0.287. The lowest BCUT2D eigenvalue weighted by Crippen LogP contribution is -2.43. The van der Waals surface area contributed by atoms with Gasteiger partial charge in [0.05, 0.1) is 0 Å². The molecule has 0 radical (unpaired) electrons. The molecule has 2 rings (SSSR count). The second-order valence-corrected chi connectivity index (χ2v) is 3.14. The van der Waals surface area contributed by atoms with Crippen molar-refractivity contribution in [2.45, 2.75) is 25.0 Å². The van der Waals surface area contributed by atoms with Crippen molar-refractivity contribution < 1.29 is 4.74 Å². The fraction of sp³-hybridized carbons (Fsp3) is 0.444. The van der Waals surface area contributed by atoms with Gasteiger partial charge >= 0.3 is 0 Å². The Balaban J connectivity index is 1.88. The molecule has 1 fully saturated rings. The minimum Gasteiger partial charge on any atom is -0.474 e. The molecule has 0 spiro atoms. The second-order valence-electron chi connectivity index (χ2n) is 3.14. The van der Waals surface area contributed by atoms with Crippen LogP contribution in [0.4, 0.5) is 0 Å². The summed E-state index contributed by atoms with van der Waals surface area (Å²) >= 11 is 0. The van der Waals surface area contributed by atoms with Crippen LogP contribution in [0, 0.1) is 0 Å². The minimum atomic E-state index is 0.287. The number of hydrogen-bond donors (Lipinski definition) is 1. The summed E-state index contributed by atoms with van der Waals surface area (Å²) in [7, 11) is 0. The van der Waals surface area contributed by atoms with E-state index in [0.29, 0.717) is 11.9 Å². The zero-order chi connectivity index (χ0) is 8.39. The number of hydrogen-bond acceptors (Lipinski definition) is 3. The third-order valence-corrected chi connectivity index (χ3v) is 2.06. The summed E-state index contributed by atoms with van der Waals surface area (Å²) in [6.45, 7) is 0. The highest BCUT2D eigenvalue weighted by Crippen LogP contribution is 2.22. The Kier molecular flexibility index (Phi) is 1.96. The topological polar surface area (TPSA) is 48.1 Å². The van der Waals surface area contributed by atoms with Crippen LogP contribution in [0.1, 0.15) is 12.8 Å². The lowest BCUT2D eigenvalue weighted by atomic mass is 9.90. The fourth-order valence-corrected chi connectivity index (χ4v) is 1.29. The Morgan fingerprint density at radius 2 is 2.25 bits per heavy atom. The van der Waals surface area contributed by atoms with Crippen LogP contribution in [0.3, 0.4) is 0 Å². The van der Waals surface area contributed by atoms with Crippen molar-refractivity contribution in [3.63, 3.8) is 0 Å². The Labute approximate surface area is 71.6 Å². The standard InChI is InChI=1S/C9H12N2O/c10-7-5-8(6-7)12-9-3-1-2-4-11-9/h1-4,7-8H,5-6,10H2/t7-,8-. The van der Waals surface area contributed by atoms with Crippen LogP contribution in [-0.4, -0.2) is 17.1 Å². The quantitative estimate of drug-likeness (QED) is 0.708. The maximum absolute atomic E-state index is 5.62. The van der Waals surface area contributed by atoms with Crippen LogP contribution in [0.15, 0.2) is 24.4 Å². The SMILES string of the molecule is N[C@H]1C[C@H](Oc2ccccn2)C1. The van der Waals surface area contributed by atoms with Gasteiger partial charge in [0.2, 0.25) is 5.88 Å². The van der Waals surface area contributed by atoms with E-state index in [1.54, 1.807) is 6.20 Å². The first-order valence-corrected chi connectivity index (χ1v) is 4.18. The summed E-state index contributed by atoms with van der Waals surface area (Å²) in [5.41, 5.74) is 5.62. The van der Waals surface area contributed by atoms with E-state index in [2.05, 4.69) is 4.98 Å².